The molecule has 1 fully saturated rings. The fourth-order valence-corrected chi connectivity index (χ4v) is 4.26. The molecule has 2 N–H and O–H groups in total. The van der Waals surface area contributed by atoms with E-state index in [1.165, 1.54) is 5.69 Å². The number of aromatic nitrogens is 2. The van der Waals surface area contributed by atoms with E-state index in [0.29, 0.717) is 11.0 Å². The predicted octanol–water partition coefficient (Wildman–Crippen LogP) is 5.56. The monoisotopic (exact) mass is 499 g/mol. The van der Waals surface area contributed by atoms with Crippen LogP contribution >= 0.6 is 11.6 Å². The molecule has 1 aliphatic rings. The van der Waals surface area contributed by atoms with Gasteiger partial charge in [-0.3, -0.25) is 4.79 Å². The van der Waals surface area contributed by atoms with Gasteiger partial charge in [0.05, 0.1) is 25.3 Å². The summed E-state index contributed by atoms with van der Waals surface area (Å²) in [5.74, 6) is 0.420. The topological polar surface area (TPSA) is 79.4 Å². The first kappa shape index (κ1) is 23.8. The summed E-state index contributed by atoms with van der Waals surface area (Å²) in [5.41, 5.74) is 5.40. The molecule has 8 heteroatoms. The Kier molecular flexibility index (Phi) is 7.40. The molecule has 0 atom stereocenters. The summed E-state index contributed by atoms with van der Waals surface area (Å²) in [6, 6.07) is 25.0. The van der Waals surface area contributed by atoms with Crippen molar-refractivity contribution in [3.8, 4) is 11.3 Å². The molecule has 1 aromatic heterocycles. The van der Waals surface area contributed by atoms with Gasteiger partial charge in [-0.05, 0) is 60.2 Å². The lowest BCUT2D eigenvalue weighted by molar-refractivity contribution is -0.115. The molecule has 2 heterocycles. The molecule has 182 valence electrons. The van der Waals surface area contributed by atoms with E-state index in [0.717, 1.165) is 54.5 Å². The number of hydrogen-bond donors (Lipinski definition) is 2. The Morgan fingerprint density at radius 1 is 0.944 bits per heavy atom. The number of nitrogens with one attached hydrogen (secondary N) is 2. The van der Waals surface area contributed by atoms with Crippen molar-refractivity contribution in [3.63, 3.8) is 0 Å². The minimum absolute atomic E-state index is 0.0989. The minimum Gasteiger partial charge on any atom is -0.378 e. The number of hydrogen-bond acceptors (Lipinski definition) is 6. The van der Waals surface area contributed by atoms with Gasteiger partial charge < -0.3 is 20.3 Å². The van der Waals surface area contributed by atoms with Crippen LogP contribution in [-0.4, -0.2) is 42.2 Å². The van der Waals surface area contributed by atoms with Gasteiger partial charge in [-0.1, -0.05) is 35.9 Å². The molecule has 0 bridgehead atoms. The molecule has 1 saturated heterocycles. The van der Waals surface area contributed by atoms with E-state index >= 15 is 0 Å². The normalized spacial score (nSPS) is 13.3. The molecule has 0 aliphatic carbocycles. The summed E-state index contributed by atoms with van der Waals surface area (Å²) < 4.78 is 5.43. The summed E-state index contributed by atoms with van der Waals surface area (Å²) in [4.78, 5) is 23.7. The van der Waals surface area contributed by atoms with Gasteiger partial charge in [-0.2, -0.15) is 0 Å². The third kappa shape index (κ3) is 6.19. The van der Waals surface area contributed by atoms with Crippen molar-refractivity contribution in [2.75, 3.05) is 41.8 Å². The number of carbonyl (C=O) groups is 1. The third-order valence-electron chi connectivity index (χ3n) is 5.87. The lowest BCUT2D eigenvalue weighted by Gasteiger charge is -2.28. The Morgan fingerprint density at radius 3 is 2.44 bits per heavy atom. The lowest BCUT2D eigenvalue weighted by atomic mass is 10.1. The highest BCUT2D eigenvalue weighted by atomic mass is 35.5. The molecule has 4 aromatic rings. The molecule has 1 aliphatic heterocycles. The number of anilines is 4. The van der Waals surface area contributed by atoms with Gasteiger partial charge in [0.2, 0.25) is 11.9 Å². The second kappa shape index (κ2) is 11.2. The maximum atomic E-state index is 12.4. The molecule has 5 rings (SSSR count). The molecule has 1 amide bonds. The van der Waals surface area contributed by atoms with Gasteiger partial charge in [-0.25, -0.2) is 9.97 Å². The van der Waals surface area contributed by atoms with E-state index in [1.807, 2.05) is 54.6 Å². The second-order valence-corrected chi connectivity index (χ2v) is 8.91. The van der Waals surface area contributed by atoms with Crippen LogP contribution < -0.4 is 15.5 Å². The lowest BCUT2D eigenvalue weighted by Crippen LogP contribution is -2.36. The van der Waals surface area contributed by atoms with Crippen LogP contribution in [0.25, 0.3) is 11.3 Å². The second-order valence-electron chi connectivity index (χ2n) is 8.47. The first-order chi connectivity index (χ1) is 17.6. The number of ether oxygens (including phenoxy) is 1. The Balaban J connectivity index is 1.20. The van der Waals surface area contributed by atoms with E-state index in [1.54, 1.807) is 18.3 Å². The fraction of sp³-hybridized carbons (Fsp3) is 0.179. The highest BCUT2D eigenvalue weighted by Gasteiger charge is 2.11. The molecule has 0 unspecified atom stereocenters. The van der Waals surface area contributed by atoms with Gasteiger partial charge >= 0.3 is 0 Å². The Bertz CT molecular complexity index is 1320. The quantitative estimate of drug-likeness (QED) is 0.346. The number of morpholine rings is 1. The van der Waals surface area contributed by atoms with E-state index in [9.17, 15) is 4.79 Å². The molecule has 0 spiro atoms. The van der Waals surface area contributed by atoms with Crippen LogP contribution in [0.1, 0.15) is 5.56 Å². The zero-order chi connectivity index (χ0) is 24.7. The molecule has 36 heavy (non-hydrogen) atoms. The summed E-state index contributed by atoms with van der Waals surface area (Å²) in [7, 11) is 0. The van der Waals surface area contributed by atoms with Crippen LogP contribution in [-0.2, 0) is 16.0 Å². The molecule has 7 nitrogen and oxygen atoms in total. The van der Waals surface area contributed by atoms with Crippen molar-refractivity contribution in [3.05, 3.63) is 95.6 Å². The first-order valence-corrected chi connectivity index (χ1v) is 12.2. The number of amides is 1. The van der Waals surface area contributed by atoms with Gasteiger partial charge in [0.1, 0.15) is 0 Å². The molecule has 0 saturated carbocycles. The average Bonchev–Trinajstić information content (AvgIpc) is 2.90. The van der Waals surface area contributed by atoms with Crippen LogP contribution in [0, 0.1) is 0 Å². The number of benzene rings is 3. The van der Waals surface area contributed by atoms with Crippen LogP contribution in [0.5, 0.6) is 0 Å². The summed E-state index contributed by atoms with van der Waals surface area (Å²) >= 11 is 6.00. The first-order valence-electron chi connectivity index (χ1n) is 11.8. The highest BCUT2D eigenvalue weighted by Crippen LogP contribution is 2.24. The number of nitrogens with zero attached hydrogens (tertiary/aromatic N) is 3. The fourth-order valence-electron chi connectivity index (χ4n) is 4.05. The van der Waals surface area contributed by atoms with Crippen molar-refractivity contribution in [2.45, 2.75) is 6.42 Å². The Morgan fingerprint density at radius 2 is 1.69 bits per heavy atom. The highest BCUT2D eigenvalue weighted by molar-refractivity contribution is 6.30. The van der Waals surface area contributed by atoms with Gasteiger partial charge in [0, 0.05) is 46.9 Å². The summed E-state index contributed by atoms with van der Waals surface area (Å²) in [5, 5.41) is 6.82. The van der Waals surface area contributed by atoms with Crippen molar-refractivity contribution >= 4 is 40.5 Å². The number of rotatable bonds is 7. The molecule has 0 radical (unpaired) electrons. The zero-order valence-electron chi connectivity index (χ0n) is 19.7. The van der Waals surface area contributed by atoms with Crippen molar-refractivity contribution in [1.82, 2.24) is 9.97 Å². The van der Waals surface area contributed by atoms with Crippen LogP contribution in [0.3, 0.4) is 0 Å². The number of halogens is 1. The average molecular weight is 500 g/mol. The SMILES string of the molecule is O=C(Cc1cccc(Cl)c1)Nc1ccc(-c2ccnc(Nc3ccc(N4CCOCC4)cc3)n2)cc1. The molecular formula is C28H26ClN5O2. The smallest absolute Gasteiger partial charge is 0.228 e. The van der Waals surface area contributed by atoms with E-state index in [2.05, 4.69) is 37.6 Å². The van der Waals surface area contributed by atoms with Crippen molar-refractivity contribution < 1.29 is 9.53 Å². The van der Waals surface area contributed by atoms with Crippen LogP contribution in [0.2, 0.25) is 5.02 Å². The molecule has 3 aromatic carbocycles. The van der Waals surface area contributed by atoms with E-state index in [4.69, 9.17) is 16.3 Å². The summed E-state index contributed by atoms with van der Waals surface area (Å²) in [6.07, 6.45) is 1.99. The minimum atomic E-state index is -0.0989. The van der Waals surface area contributed by atoms with Gasteiger partial charge in [0.25, 0.3) is 0 Å². The predicted molar refractivity (Wildman–Crippen MR) is 144 cm³/mol. The number of carbonyl (C=O) groups excluding carboxylic acids is 1. The van der Waals surface area contributed by atoms with Crippen LogP contribution in [0.15, 0.2) is 85.1 Å². The van der Waals surface area contributed by atoms with Gasteiger partial charge in [-0.15, -0.1) is 0 Å². The van der Waals surface area contributed by atoms with Crippen molar-refractivity contribution in [1.29, 1.82) is 0 Å². The van der Waals surface area contributed by atoms with E-state index < -0.39 is 0 Å². The maximum absolute atomic E-state index is 12.4. The van der Waals surface area contributed by atoms with Crippen LogP contribution in [0.4, 0.5) is 23.0 Å². The summed E-state index contributed by atoms with van der Waals surface area (Å²) in [6.45, 7) is 3.33. The zero-order valence-corrected chi connectivity index (χ0v) is 20.4. The Hall–Kier alpha value is -3.94. The van der Waals surface area contributed by atoms with E-state index in [-0.39, 0.29) is 12.3 Å². The molecular weight excluding hydrogens is 474 g/mol. The standard InChI is InChI=1S/C28H26ClN5O2/c29-22-3-1-2-20(18-22)19-27(35)31-23-6-4-21(5-7-23)26-12-13-30-28(33-26)32-24-8-10-25(11-9-24)34-14-16-36-17-15-34/h1-13,18H,14-17,19H2,(H,31,35)(H,30,32,33). The largest absolute Gasteiger partial charge is 0.378 e. The Labute approximate surface area is 215 Å². The van der Waals surface area contributed by atoms with Crippen molar-refractivity contribution in [2.24, 2.45) is 0 Å². The third-order valence-corrected chi connectivity index (χ3v) is 6.11. The van der Waals surface area contributed by atoms with Gasteiger partial charge in [0.15, 0.2) is 0 Å². The maximum Gasteiger partial charge on any atom is 0.228 e.